The van der Waals surface area contributed by atoms with Gasteiger partial charge in [-0.2, -0.15) is 4.98 Å². The van der Waals surface area contributed by atoms with E-state index in [-0.39, 0.29) is 11.8 Å². The third-order valence-electron chi connectivity index (χ3n) is 6.03. The lowest BCUT2D eigenvalue weighted by Gasteiger charge is -2.30. The Morgan fingerprint density at radius 3 is 2.57 bits per heavy atom. The number of carbonyl (C=O) groups is 1. The van der Waals surface area contributed by atoms with Crippen molar-refractivity contribution in [3.63, 3.8) is 0 Å². The van der Waals surface area contributed by atoms with Crippen molar-refractivity contribution in [1.82, 2.24) is 15.0 Å². The zero-order valence-electron chi connectivity index (χ0n) is 17.8. The standard InChI is InChI=1S/C24H28N4O2/c1-16-8-6-10-21(18(16)3)25-24(29)19-11-13-28(14-12-19)15-22-26-23(27-30-22)20-9-5-4-7-17(20)2/h4-10,19H,11-15H2,1-3H3,(H,25,29). The van der Waals surface area contributed by atoms with Crippen LogP contribution in [0.25, 0.3) is 11.4 Å². The Bertz CT molecular complexity index is 1040. The van der Waals surface area contributed by atoms with Gasteiger partial charge in [0.2, 0.25) is 17.6 Å². The van der Waals surface area contributed by atoms with Crippen molar-refractivity contribution in [2.24, 2.45) is 5.92 Å². The fourth-order valence-electron chi connectivity index (χ4n) is 3.92. The molecule has 1 fully saturated rings. The average molecular weight is 405 g/mol. The minimum absolute atomic E-state index is 0.0337. The molecule has 0 bridgehead atoms. The SMILES string of the molecule is Cc1ccccc1-c1noc(CN2CCC(C(=O)Nc3cccc(C)c3C)CC2)n1. The summed E-state index contributed by atoms with van der Waals surface area (Å²) in [6.07, 6.45) is 1.66. The topological polar surface area (TPSA) is 71.3 Å². The van der Waals surface area contributed by atoms with Crippen molar-refractivity contribution in [2.45, 2.75) is 40.2 Å². The van der Waals surface area contributed by atoms with E-state index < -0.39 is 0 Å². The van der Waals surface area contributed by atoms with Gasteiger partial charge in [-0.05, 0) is 69.5 Å². The molecule has 4 rings (SSSR count). The van der Waals surface area contributed by atoms with Gasteiger partial charge in [-0.3, -0.25) is 9.69 Å². The van der Waals surface area contributed by atoms with E-state index in [1.807, 2.05) is 50.2 Å². The molecule has 6 heteroatoms. The molecule has 156 valence electrons. The maximum Gasteiger partial charge on any atom is 0.241 e. The molecule has 1 aliphatic rings. The van der Waals surface area contributed by atoms with E-state index in [9.17, 15) is 4.79 Å². The first kappa shape index (κ1) is 20.3. The summed E-state index contributed by atoms with van der Waals surface area (Å²) in [7, 11) is 0. The number of piperidine rings is 1. The third kappa shape index (κ3) is 4.44. The number of carbonyl (C=O) groups excluding carboxylic acids is 1. The molecule has 0 radical (unpaired) electrons. The molecule has 30 heavy (non-hydrogen) atoms. The second-order valence-corrected chi connectivity index (χ2v) is 8.11. The van der Waals surface area contributed by atoms with Crippen LogP contribution in [0.15, 0.2) is 47.0 Å². The second-order valence-electron chi connectivity index (χ2n) is 8.11. The van der Waals surface area contributed by atoms with E-state index >= 15 is 0 Å². The van der Waals surface area contributed by atoms with Crippen LogP contribution in [0, 0.1) is 26.7 Å². The van der Waals surface area contributed by atoms with Crippen molar-refractivity contribution in [1.29, 1.82) is 0 Å². The lowest BCUT2D eigenvalue weighted by atomic mass is 9.95. The lowest BCUT2D eigenvalue weighted by molar-refractivity contribution is -0.121. The number of likely N-dealkylation sites (tertiary alicyclic amines) is 1. The zero-order valence-corrected chi connectivity index (χ0v) is 17.8. The first-order valence-corrected chi connectivity index (χ1v) is 10.5. The van der Waals surface area contributed by atoms with Crippen LogP contribution < -0.4 is 5.32 Å². The van der Waals surface area contributed by atoms with Gasteiger partial charge in [0.25, 0.3) is 0 Å². The van der Waals surface area contributed by atoms with Crippen molar-refractivity contribution in [3.05, 3.63) is 65.0 Å². The fraction of sp³-hybridized carbons (Fsp3) is 0.375. The predicted molar refractivity (Wildman–Crippen MR) is 117 cm³/mol. The number of benzene rings is 2. The Kier molecular flexibility index (Phi) is 5.95. The maximum absolute atomic E-state index is 12.7. The molecule has 0 spiro atoms. The summed E-state index contributed by atoms with van der Waals surface area (Å²) < 4.78 is 5.47. The number of rotatable bonds is 5. The first-order chi connectivity index (χ1) is 14.5. The highest BCUT2D eigenvalue weighted by Crippen LogP contribution is 2.24. The number of amides is 1. The summed E-state index contributed by atoms with van der Waals surface area (Å²) in [5, 5.41) is 7.25. The molecule has 2 aromatic carbocycles. The van der Waals surface area contributed by atoms with E-state index in [0.29, 0.717) is 18.3 Å². The Morgan fingerprint density at radius 1 is 1.07 bits per heavy atom. The number of aryl methyl sites for hydroxylation is 2. The largest absolute Gasteiger partial charge is 0.338 e. The van der Waals surface area contributed by atoms with Gasteiger partial charge < -0.3 is 9.84 Å². The van der Waals surface area contributed by atoms with Crippen molar-refractivity contribution < 1.29 is 9.32 Å². The van der Waals surface area contributed by atoms with Gasteiger partial charge >= 0.3 is 0 Å². The van der Waals surface area contributed by atoms with Crippen molar-refractivity contribution >= 4 is 11.6 Å². The summed E-state index contributed by atoms with van der Waals surface area (Å²) >= 11 is 0. The number of nitrogens with zero attached hydrogens (tertiary/aromatic N) is 3. The van der Waals surface area contributed by atoms with E-state index in [1.54, 1.807) is 0 Å². The zero-order chi connectivity index (χ0) is 21.1. The molecule has 1 N–H and O–H groups in total. The number of hydrogen-bond acceptors (Lipinski definition) is 5. The van der Waals surface area contributed by atoms with Gasteiger partial charge in [-0.15, -0.1) is 0 Å². The van der Waals surface area contributed by atoms with Crippen LogP contribution in [0.1, 0.15) is 35.4 Å². The molecule has 0 aliphatic carbocycles. The molecule has 2 heterocycles. The quantitative estimate of drug-likeness (QED) is 0.677. The molecule has 0 atom stereocenters. The summed E-state index contributed by atoms with van der Waals surface area (Å²) in [5.41, 5.74) is 5.35. The first-order valence-electron chi connectivity index (χ1n) is 10.5. The average Bonchev–Trinajstić information content (AvgIpc) is 3.20. The molecular formula is C24H28N4O2. The highest BCUT2D eigenvalue weighted by Gasteiger charge is 2.26. The van der Waals surface area contributed by atoms with Crippen LogP contribution >= 0.6 is 0 Å². The van der Waals surface area contributed by atoms with Crippen molar-refractivity contribution in [3.8, 4) is 11.4 Å². The summed E-state index contributed by atoms with van der Waals surface area (Å²) in [5.74, 6) is 1.40. The van der Waals surface area contributed by atoms with E-state index in [2.05, 4.69) is 33.3 Å². The van der Waals surface area contributed by atoms with Gasteiger partial charge in [0.15, 0.2) is 0 Å². The summed E-state index contributed by atoms with van der Waals surface area (Å²) in [6.45, 7) is 8.44. The highest BCUT2D eigenvalue weighted by molar-refractivity contribution is 5.93. The Balaban J connectivity index is 1.31. The Morgan fingerprint density at radius 2 is 1.80 bits per heavy atom. The van der Waals surface area contributed by atoms with E-state index in [0.717, 1.165) is 48.3 Å². The fourth-order valence-corrected chi connectivity index (χ4v) is 3.92. The molecule has 6 nitrogen and oxygen atoms in total. The van der Waals surface area contributed by atoms with Crippen LogP contribution in [0.4, 0.5) is 5.69 Å². The Labute approximate surface area is 177 Å². The van der Waals surface area contributed by atoms with Gasteiger partial charge in [-0.25, -0.2) is 0 Å². The van der Waals surface area contributed by atoms with Gasteiger partial charge in [0, 0.05) is 17.2 Å². The number of aromatic nitrogens is 2. The molecular weight excluding hydrogens is 376 g/mol. The summed E-state index contributed by atoms with van der Waals surface area (Å²) in [6, 6.07) is 14.0. The molecule has 0 saturated carbocycles. The van der Waals surface area contributed by atoms with Gasteiger partial charge in [0.05, 0.1) is 6.54 Å². The van der Waals surface area contributed by atoms with Gasteiger partial charge in [0.1, 0.15) is 0 Å². The van der Waals surface area contributed by atoms with Crippen LogP contribution in [0.5, 0.6) is 0 Å². The molecule has 1 aromatic heterocycles. The van der Waals surface area contributed by atoms with Crippen LogP contribution in [0.3, 0.4) is 0 Å². The highest BCUT2D eigenvalue weighted by atomic mass is 16.5. The number of anilines is 1. The van der Waals surface area contributed by atoms with E-state index in [4.69, 9.17) is 4.52 Å². The lowest BCUT2D eigenvalue weighted by Crippen LogP contribution is -2.37. The Hall–Kier alpha value is -2.99. The van der Waals surface area contributed by atoms with Crippen molar-refractivity contribution in [2.75, 3.05) is 18.4 Å². The van der Waals surface area contributed by atoms with Crippen LogP contribution in [-0.2, 0) is 11.3 Å². The molecule has 1 aliphatic heterocycles. The third-order valence-corrected chi connectivity index (χ3v) is 6.03. The monoisotopic (exact) mass is 404 g/mol. The van der Waals surface area contributed by atoms with Gasteiger partial charge in [-0.1, -0.05) is 41.6 Å². The van der Waals surface area contributed by atoms with Crippen LogP contribution in [-0.4, -0.2) is 34.0 Å². The minimum atomic E-state index is 0.0337. The van der Waals surface area contributed by atoms with Crippen LogP contribution in [0.2, 0.25) is 0 Å². The second kappa shape index (κ2) is 8.79. The molecule has 1 saturated heterocycles. The number of nitrogens with one attached hydrogen (secondary N) is 1. The molecule has 3 aromatic rings. The predicted octanol–water partition coefficient (Wildman–Crippen LogP) is 4.51. The molecule has 1 amide bonds. The number of hydrogen-bond donors (Lipinski definition) is 1. The smallest absolute Gasteiger partial charge is 0.241 e. The summed E-state index contributed by atoms with van der Waals surface area (Å²) in [4.78, 5) is 19.6. The van der Waals surface area contributed by atoms with E-state index in [1.165, 1.54) is 5.56 Å². The minimum Gasteiger partial charge on any atom is -0.338 e. The normalized spacial score (nSPS) is 15.3. The maximum atomic E-state index is 12.7. The molecule has 0 unspecified atom stereocenters.